The van der Waals surface area contributed by atoms with E-state index in [4.69, 9.17) is 0 Å². The summed E-state index contributed by atoms with van der Waals surface area (Å²) in [7, 11) is 3.33. The number of amides is 1. The standard InChI is InChI=1S/C17H17F3N6O/c1-24(9-11-5-6-25(2)23-11)16(27)12-8-21-26-14(17(18,19)20)7-13(10-3-4-10)22-15(12)26/h5-8,10H,3-4,9H2,1-2H3. The molecule has 1 amide bonds. The molecule has 3 aromatic heterocycles. The van der Waals surface area contributed by atoms with Gasteiger partial charge in [-0.25, -0.2) is 9.50 Å². The number of alkyl halides is 3. The minimum atomic E-state index is -4.59. The Kier molecular flexibility index (Phi) is 3.93. The van der Waals surface area contributed by atoms with Crippen LogP contribution in [0.15, 0.2) is 24.5 Å². The summed E-state index contributed by atoms with van der Waals surface area (Å²) < 4.78 is 42.7. The molecule has 0 bridgehead atoms. The molecule has 1 saturated carbocycles. The van der Waals surface area contributed by atoms with Crippen molar-refractivity contribution in [2.24, 2.45) is 7.05 Å². The summed E-state index contributed by atoms with van der Waals surface area (Å²) in [5, 5.41) is 7.99. The lowest BCUT2D eigenvalue weighted by molar-refractivity contribution is -0.142. The van der Waals surface area contributed by atoms with E-state index in [0.717, 1.165) is 25.1 Å². The molecule has 142 valence electrons. The van der Waals surface area contributed by atoms with E-state index >= 15 is 0 Å². The van der Waals surface area contributed by atoms with Crippen molar-refractivity contribution in [3.8, 4) is 0 Å². The maximum Gasteiger partial charge on any atom is 0.433 e. The van der Waals surface area contributed by atoms with Gasteiger partial charge in [0, 0.05) is 31.9 Å². The van der Waals surface area contributed by atoms with Crippen LogP contribution >= 0.6 is 0 Å². The molecule has 27 heavy (non-hydrogen) atoms. The number of aryl methyl sites for hydroxylation is 1. The molecule has 1 fully saturated rings. The van der Waals surface area contributed by atoms with E-state index in [0.29, 0.717) is 15.9 Å². The Bertz CT molecular complexity index is 1020. The molecule has 4 rings (SSSR count). The highest BCUT2D eigenvalue weighted by Crippen LogP contribution is 2.41. The number of halogens is 3. The summed E-state index contributed by atoms with van der Waals surface area (Å²) in [5.41, 5.74) is 0.0936. The molecule has 0 spiro atoms. The number of carbonyl (C=O) groups excluding carboxylic acids is 1. The van der Waals surface area contributed by atoms with Gasteiger partial charge in [0.1, 0.15) is 11.3 Å². The van der Waals surface area contributed by atoms with Crippen LogP contribution in [0.2, 0.25) is 0 Å². The average Bonchev–Trinajstić information content (AvgIpc) is 3.24. The van der Waals surface area contributed by atoms with Gasteiger partial charge in [-0.15, -0.1) is 0 Å². The lowest BCUT2D eigenvalue weighted by atomic mass is 10.2. The fourth-order valence-electron chi connectivity index (χ4n) is 2.99. The first-order valence-corrected chi connectivity index (χ1v) is 8.44. The highest BCUT2D eigenvalue weighted by molar-refractivity contribution is 5.99. The van der Waals surface area contributed by atoms with Crippen LogP contribution in [0.4, 0.5) is 13.2 Å². The van der Waals surface area contributed by atoms with Crippen molar-refractivity contribution >= 4 is 11.6 Å². The summed E-state index contributed by atoms with van der Waals surface area (Å²) in [6, 6.07) is 2.80. The largest absolute Gasteiger partial charge is 0.433 e. The number of aromatic nitrogens is 5. The zero-order valence-electron chi connectivity index (χ0n) is 14.7. The van der Waals surface area contributed by atoms with Gasteiger partial charge in [0.15, 0.2) is 5.65 Å². The normalized spacial score (nSPS) is 14.7. The zero-order chi connectivity index (χ0) is 19.3. The molecule has 1 aliphatic carbocycles. The van der Waals surface area contributed by atoms with Crippen molar-refractivity contribution < 1.29 is 18.0 Å². The second-order valence-electron chi connectivity index (χ2n) is 6.77. The minimum Gasteiger partial charge on any atom is -0.336 e. The van der Waals surface area contributed by atoms with E-state index in [1.807, 2.05) is 0 Å². The third-order valence-corrected chi connectivity index (χ3v) is 4.52. The fourth-order valence-corrected chi connectivity index (χ4v) is 2.99. The SMILES string of the molecule is CN(Cc1ccn(C)n1)C(=O)c1cnn2c(C(F)(F)F)cc(C3CC3)nc12. The third-order valence-electron chi connectivity index (χ3n) is 4.52. The predicted octanol–water partition coefficient (Wildman–Crippen LogP) is 2.63. The van der Waals surface area contributed by atoms with E-state index in [2.05, 4.69) is 15.2 Å². The van der Waals surface area contributed by atoms with Crippen LogP contribution in [0.3, 0.4) is 0 Å². The Morgan fingerprint density at radius 1 is 1.37 bits per heavy atom. The molecule has 7 nitrogen and oxygen atoms in total. The van der Waals surface area contributed by atoms with E-state index in [1.54, 1.807) is 31.0 Å². The number of hydrogen-bond donors (Lipinski definition) is 0. The van der Waals surface area contributed by atoms with Gasteiger partial charge in [0.25, 0.3) is 5.91 Å². The summed E-state index contributed by atoms with van der Waals surface area (Å²) in [6.45, 7) is 0.228. The molecule has 0 aliphatic heterocycles. The van der Waals surface area contributed by atoms with Crippen molar-refractivity contribution in [1.29, 1.82) is 0 Å². The number of carbonyl (C=O) groups is 1. The first kappa shape index (κ1) is 17.5. The van der Waals surface area contributed by atoms with Gasteiger partial charge in [-0.2, -0.15) is 23.4 Å². The van der Waals surface area contributed by atoms with E-state index in [9.17, 15) is 18.0 Å². The van der Waals surface area contributed by atoms with Crippen LogP contribution in [0.5, 0.6) is 0 Å². The summed E-state index contributed by atoms with van der Waals surface area (Å²) >= 11 is 0. The maximum absolute atomic E-state index is 13.4. The van der Waals surface area contributed by atoms with Crippen molar-refractivity contribution in [1.82, 2.24) is 29.3 Å². The Hall–Kier alpha value is -2.91. The summed E-state index contributed by atoms with van der Waals surface area (Å²) in [5.74, 6) is -0.440. The molecular formula is C17H17F3N6O. The molecule has 0 atom stereocenters. The fraction of sp³-hybridized carbons (Fsp3) is 0.412. The summed E-state index contributed by atoms with van der Waals surface area (Å²) in [6.07, 6.45) is -0.0838. The quantitative estimate of drug-likeness (QED) is 0.700. The van der Waals surface area contributed by atoms with Gasteiger partial charge in [-0.3, -0.25) is 9.48 Å². The molecule has 0 radical (unpaired) electrons. The first-order chi connectivity index (χ1) is 12.7. The molecule has 10 heteroatoms. The molecular weight excluding hydrogens is 361 g/mol. The van der Waals surface area contributed by atoms with E-state index in [1.165, 1.54) is 4.90 Å². The summed E-state index contributed by atoms with van der Waals surface area (Å²) in [4.78, 5) is 18.5. The van der Waals surface area contributed by atoms with Crippen LogP contribution in [-0.4, -0.2) is 42.2 Å². The van der Waals surface area contributed by atoms with Crippen LogP contribution in [0.25, 0.3) is 5.65 Å². The highest BCUT2D eigenvalue weighted by Gasteiger charge is 2.38. The van der Waals surface area contributed by atoms with Gasteiger partial charge in [-0.05, 0) is 25.0 Å². The number of nitrogens with zero attached hydrogens (tertiary/aromatic N) is 6. The number of hydrogen-bond acceptors (Lipinski definition) is 4. The molecule has 1 aliphatic rings. The minimum absolute atomic E-state index is 0.0141. The van der Waals surface area contributed by atoms with Crippen molar-refractivity contribution in [2.45, 2.75) is 31.5 Å². The second-order valence-corrected chi connectivity index (χ2v) is 6.77. The van der Waals surface area contributed by atoms with Gasteiger partial charge >= 0.3 is 6.18 Å². The number of fused-ring (bicyclic) bond motifs is 1. The Labute approximate surface area is 152 Å². The average molecular weight is 378 g/mol. The molecule has 0 aromatic carbocycles. The van der Waals surface area contributed by atoms with Crippen molar-refractivity contribution in [3.05, 3.63) is 47.2 Å². The van der Waals surface area contributed by atoms with Crippen LogP contribution < -0.4 is 0 Å². The van der Waals surface area contributed by atoms with E-state index < -0.39 is 17.8 Å². The molecule has 0 saturated heterocycles. The zero-order valence-corrected chi connectivity index (χ0v) is 14.7. The van der Waals surface area contributed by atoms with E-state index in [-0.39, 0.29) is 23.7 Å². The van der Waals surface area contributed by atoms with Gasteiger partial charge < -0.3 is 4.90 Å². The lowest BCUT2D eigenvalue weighted by Gasteiger charge is -2.15. The van der Waals surface area contributed by atoms with Gasteiger partial charge in [-0.1, -0.05) is 0 Å². The third kappa shape index (κ3) is 3.26. The van der Waals surface area contributed by atoms with Crippen molar-refractivity contribution in [2.75, 3.05) is 7.05 Å². The maximum atomic E-state index is 13.4. The predicted molar refractivity (Wildman–Crippen MR) is 89.0 cm³/mol. The smallest absolute Gasteiger partial charge is 0.336 e. The van der Waals surface area contributed by atoms with Crippen LogP contribution in [0.1, 0.15) is 46.2 Å². The second kappa shape index (κ2) is 6.07. The Morgan fingerprint density at radius 2 is 2.11 bits per heavy atom. The Morgan fingerprint density at radius 3 is 2.70 bits per heavy atom. The Balaban J connectivity index is 1.73. The first-order valence-electron chi connectivity index (χ1n) is 8.44. The van der Waals surface area contributed by atoms with Crippen molar-refractivity contribution in [3.63, 3.8) is 0 Å². The van der Waals surface area contributed by atoms with Crippen LogP contribution in [-0.2, 0) is 19.8 Å². The molecule has 0 N–H and O–H groups in total. The topological polar surface area (TPSA) is 68.3 Å². The number of rotatable bonds is 4. The lowest BCUT2D eigenvalue weighted by Crippen LogP contribution is -2.26. The van der Waals surface area contributed by atoms with Crippen LogP contribution in [0, 0.1) is 0 Å². The molecule has 0 unspecified atom stereocenters. The highest BCUT2D eigenvalue weighted by atomic mass is 19.4. The van der Waals surface area contributed by atoms with Gasteiger partial charge in [0.05, 0.1) is 18.4 Å². The molecule has 3 heterocycles. The monoisotopic (exact) mass is 378 g/mol. The molecule has 3 aromatic rings. The van der Waals surface area contributed by atoms with Gasteiger partial charge in [0.2, 0.25) is 0 Å².